The van der Waals surface area contributed by atoms with Crippen LogP contribution in [0.3, 0.4) is 0 Å². The first-order valence-corrected chi connectivity index (χ1v) is 6.70. The molecule has 0 radical (unpaired) electrons. The Balaban J connectivity index is 4.30. The van der Waals surface area contributed by atoms with Gasteiger partial charge in [-0.2, -0.15) is 0 Å². The van der Waals surface area contributed by atoms with E-state index in [9.17, 15) is 9.59 Å². The molecule has 0 aliphatic heterocycles. The summed E-state index contributed by atoms with van der Waals surface area (Å²) in [6.45, 7) is 7.89. The van der Waals surface area contributed by atoms with Gasteiger partial charge in [0.25, 0.3) is 0 Å². The lowest BCUT2D eigenvalue weighted by molar-refractivity contribution is -0.137. The van der Waals surface area contributed by atoms with Crippen LogP contribution in [-0.4, -0.2) is 18.5 Å². The lowest BCUT2D eigenvalue weighted by Crippen LogP contribution is -2.29. The molecule has 0 saturated carbocycles. The Morgan fingerprint density at radius 1 is 1.28 bits per heavy atom. The van der Waals surface area contributed by atoms with Crippen molar-refractivity contribution in [3.63, 3.8) is 0 Å². The van der Waals surface area contributed by atoms with Gasteiger partial charge < -0.3 is 10.1 Å². The molecule has 0 aliphatic carbocycles. The molecule has 0 aromatic carbocycles. The van der Waals surface area contributed by atoms with E-state index in [1.165, 1.54) is 6.08 Å². The largest absolute Gasteiger partial charge is 0.463 e. The Morgan fingerprint density at radius 3 is 2.44 bits per heavy atom. The molecule has 0 bridgehead atoms. The van der Waals surface area contributed by atoms with Crippen molar-refractivity contribution in [2.24, 2.45) is 5.92 Å². The van der Waals surface area contributed by atoms with Crippen molar-refractivity contribution < 1.29 is 14.3 Å². The number of carbonyl (C=O) groups excluding carboxylic acids is 2. The molecule has 0 aromatic heterocycles. The molecule has 0 spiro atoms. The fourth-order valence-corrected chi connectivity index (χ4v) is 1.66. The summed E-state index contributed by atoms with van der Waals surface area (Å²) in [5.41, 5.74) is 0.536. The molecule has 0 aromatic rings. The van der Waals surface area contributed by atoms with Crippen LogP contribution in [0.15, 0.2) is 11.8 Å². The fraction of sp³-hybridized carbons (Fsp3) is 0.714. The molecule has 0 fully saturated rings. The Kier molecular flexibility index (Phi) is 8.97. The number of rotatable bonds is 8. The summed E-state index contributed by atoms with van der Waals surface area (Å²) in [7, 11) is 0. The van der Waals surface area contributed by atoms with E-state index in [2.05, 4.69) is 12.2 Å². The maximum absolute atomic E-state index is 11.9. The Morgan fingerprint density at radius 2 is 1.94 bits per heavy atom. The lowest BCUT2D eigenvalue weighted by atomic mass is 9.98. The van der Waals surface area contributed by atoms with Crippen molar-refractivity contribution in [2.75, 3.05) is 6.61 Å². The minimum absolute atomic E-state index is 0.0102. The van der Waals surface area contributed by atoms with Gasteiger partial charge in [-0.25, -0.2) is 4.79 Å². The number of amides is 1. The van der Waals surface area contributed by atoms with E-state index < -0.39 is 5.97 Å². The average molecular weight is 255 g/mol. The summed E-state index contributed by atoms with van der Waals surface area (Å²) in [6, 6.07) is 0. The monoisotopic (exact) mass is 255 g/mol. The predicted molar refractivity (Wildman–Crippen MR) is 71.8 cm³/mol. The van der Waals surface area contributed by atoms with Gasteiger partial charge in [-0.3, -0.25) is 4.79 Å². The predicted octanol–water partition coefficient (Wildman–Crippen LogP) is 2.79. The number of hydrogen-bond acceptors (Lipinski definition) is 3. The quantitative estimate of drug-likeness (QED) is 0.536. The maximum Gasteiger partial charge on any atom is 0.332 e. The van der Waals surface area contributed by atoms with Crippen molar-refractivity contribution >= 4 is 11.9 Å². The highest BCUT2D eigenvalue weighted by Crippen LogP contribution is 2.13. The van der Waals surface area contributed by atoms with Crippen molar-refractivity contribution in [3.8, 4) is 0 Å². The molecule has 0 saturated heterocycles. The summed E-state index contributed by atoms with van der Waals surface area (Å²) < 4.78 is 4.78. The van der Waals surface area contributed by atoms with Gasteiger partial charge in [-0.15, -0.1) is 0 Å². The van der Waals surface area contributed by atoms with E-state index in [1.807, 2.05) is 6.92 Å². The number of hydrogen-bond donors (Lipinski definition) is 1. The van der Waals surface area contributed by atoms with Gasteiger partial charge >= 0.3 is 5.97 Å². The molecule has 104 valence electrons. The van der Waals surface area contributed by atoms with Crippen LogP contribution in [-0.2, 0) is 14.3 Å². The van der Waals surface area contributed by atoms with Gasteiger partial charge in [0, 0.05) is 17.7 Å². The minimum atomic E-state index is -0.420. The second-order valence-corrected chi connectivity index (χ2v) is 4.32. The molecular weight excluding hydrogens is 230 g/mol. The molecule has 18 heavy (non-hydrogen) atoms. The zero-order chi connectivity index (χ0) is 14.0. The highest BCUT2D eigenvalue weighted by Gasteiger charge is 2.15. The van der Waals surface area contributed by atoms with Gasteiger partial charge in [-0.05, 0) is 26.7 Å². The van der Waals surface area contributed by atoms with Crippen LogP contribution in [0.1, 0.15) is 53.4 Å². The van der Waals surface area contributed by atoms with Crippen LogP contribution in [0.4, 0.5) is 0 Å². The van der Waals surface area contributed by atoms with Crippen LogP contribution < -0.4 is 5.32 Å². The summed E-state index contributed by atoms with van der Waals surface area (Å²) >= 11 is 0. The summed E-state index contributed by atoms with van der Waals surface area (Å²) in [6.07, 6.45) is 5.16. The maximum atomic E-state index is 11.9. The third-order valence-corrected chi connectivity index (χ3v) is 2.71. The third kappa shape index (κ3) is 7.09. The van der Waals surface area contributed by atoms with Crippen molar-refractivity contribution in [3.05, 3.63) is 11.8 Å². The molecule has 1 atom stereocenters. The topological polar surface area (TPSA) is 55.4 Å². The van der Waals surface area contributed by atoms with Gasteiger partial charge in [0.2, 0.25) is 5.91 Å². The number of allylic oxidation sites excluding steroid dienone is 1. The van der Waals surface area contributed by atoms with Crippen LogP contribution in [0, 0.1) is 5.92 Å². The molecular formula is C14H25NO3. The first-order chi connectivity index (χ1) is 8.54. The number of unbranched alkanes of at least 4 members (excludes halogenated alkanes) is 1. The van der Waals surface area contributed by atoms with E-state index in [-0.39, 0.29) is 11.8 Å². The van der Waals surface area contributed by atoms with Crippen LogP contribution >= 0.6 is 0 Å². The highest BCUT2D eigenvalue weighted by molar-refractivity contribution is 5.85. The van der Waals surface area contributed by atoms with Gasteiger partial charge in [0.1, 0.15) is 0 Å². The number of esters is 1. The number of ether oxygens (including phenoxy) is 1. The summed E-state index contributed by atoms with van der Waals surface area (Å²) in [5, 5.41) is 2.75. The third-order valence-electron chi connectivity index (χ3n) is 2.71. The van der Waals surface area contributed by atoms with Crippen molar-refractivity contribution in [1.29, 1.82) is 0 Å². The SMILES string of the molecule is CCCCC(CC)C(=O)NC(C)=CC(=O)OCC. The van der Waals surface area contributed by atoms with E-state index in [1.54, 1.807) is 13.8 Å². The Labute approximate surface area is 110 Å². The Bertz CT molecular complexity index is 297. The molecule has 0 heterocycles. The molecule has 4 nitrogen and oxygen atoms in total. The van der Waals surface area contributed by atoms with Crippen LogP contribution in [0.5, 0.6) is 0 Å². The molecule has 1 amide bonds. The molecule has 1 N–H and O–H groups in total. The first-order valence-electron chi connectivity index (χ1n) is 6.70. The standard InChI is InChI=1S/C14H25NO3/c1-5-8-9-12(6-2)14(17)15-11(4)10-13(16)18-7-3/h10,12H,5-9H2,1-4H3,(H,15,17). The van der Waals surface area contributed by atoms with E-state index in [0.29, 0.717) is 12.3 Å². The van der Waals surface area contributed by atoms with Crippen molar-refractivity contribution in [1.82, 2.24) is 5.32 Å². The van der Waals surface area contributed by atoms with E-state index in [4.69, 9.17) is 4.74 Å². The normalized spacial score (nSPS) is 13.0. The molecule has 0 aliphatic rings. The average Bonchev–Trinajstić information content (AvgIpc) is 2.29. The lowest BCUT2D eigenvalue weighted by Gasteiger charge is -2.14. The second-order valence-electron chi connectivity index (χ2n) is 4.32. The minimum Gasteiger partial charge on any atom is -0.463 e. The second kappa shape index (κ2) is 9.68. The van der Waals surface area contributed by atoms with Gasteiger partial charge in [0.05, 0.1) is 6.61 Å². The highest BCUT2D eigenvalue weighted by atomic mass is 16.5. The zero-order valence-corrected chi connectivity index (χ0v) is 11.9. The Hall–Kier alpha value is -1.32. The molecule has 0 rings (SSSR count). The fourth-order valence-electron chi connectivity index (χ4n) is 1.66. The summed E-state index contributed by atoms with van der Waals surface area (Å²) in [5.74, 6) is -0.406. The smallest absolute Gasteiger partial charge is 0.332 e. The molecule has 4 heteroatoms. The molecule has 1 unspecified atom stereocenters. The van der Waals surface area contributed by atoms with E-state index >= 15 is 0 Å². The van der Waals surface area contributed by atoms with E-state index in [0.717, 1.165) is 25.7 Å². The van der Waals surface area contributed by atoms with Crippen LogP contribution in [0.2, 0.25) is 0 Å². The first kappa shape index (κ1) is 16.7. The van der Waals surface area contributed by atoms with Gasteiger partial charge in [-0.1, -0.05) is 26.7 Å². The number of carbonyl (C=O) groups is 2. The van der Waals surface area contributed by atoms with Crippen LogP contribution in [0.25, 0.3) is 0 Å². The summed E-state index contributed by atoms with van der Waals surface area (Å²) in [4.78, 5) is 23.1. The van der Waals surface area contributed by atoms with Gasteiger partial charge in [0.15, 0.2) is 0 Å². The zero-order valence-electron chi connectivity index (χ0n) is 11.9. The number of nitrogens with one attached hydrogen (secondary N) is 1. The van der Waals surface area contributed by atoms with Crippen molar-refractivity contribution in [2.45, 2.75) is 53.4 Å².